The summed E-state index contributed by atoms with van der Waals surface area (Å²) in [7, 11) is 0. The number of fused-ring (bicyclic) bond motifs is 4. The molecule has 0 fully saturated rings. The van der Waals surface area contributed by atoms with Crippen LogP contribution in [0.4, 0.5) is 0 Å². The molecule has 2 atom stereocenters. The standard InChI is InChI=1S/C39H37N7/c1-5-7-15-39(4)27-21-31(46-37(27)39)25-11-9-23(33-35(25)43-19-17-41-33)29-13-12-28(44-29)22-8-10-24(34-32(22)40-16-18-42-34)30-20-26-36(45-30)38(26,3)14-6-2/h8-13,16-21,44-46H,5-7,14-15H2,1-4H3. The highest BCUT2D eigenvalue weighted by atomic mass is 14.9. The van der Waals surface area contributed by atoms with Crippen LogP contribution in [-0.4, -0.2) is 34.9 Å². The summed E-state index contributed by atoms with van der Waals surface area (Å²) in [5.74, 6) is 0. The number of benzene rings is 2. The number of aromatic nitrogens is 7. The van der Waals surface area contributed by atoms with Crippen LogP contribution < -0.4 is 0 Å². The van der Waals surface area contributed by atoms with Crippen molar-refractivity contribution in [2.45, 2.75) is 70.6 Å². The number of H-pyrrole nitrogens is 3. The van der Waals surface area contributed by atoms with Crippen molar-refractivity contribution in [1.29, 1.82) is 0 Å². The van der Waals surface area contributed by atoms with Crippen LogP contribution in [-0.2, 0) is 10.8 Å². The maximum absolute atomic E-state index is 4.82. The van der Waals surface area contributed by atoms with E-state index in [1.165, 1.54) is 54.6 Å². The fraction of sp³-hybridized carbons (Fsp3) is 0.282. The number of hydrogen-bond donors (Lipinski definition) is 3. The first-order chi connectivity index (χ1) is 22.4. The zero-order valence-electron chi connectivity index (χ0n) is 26.8. The zero-order chi connectivity index (χ0) is 31.2. The lowest BCUT2D eigenvalue weighted by atomic mass is 9.96. The van der Waals surface area contributed by atoms with Crippen LogP contribution in [0.1, 0.15) is 82.3 Å². The molecule has 0 spiro atoms. The van der Waals surface area contributed by atoms with Gasteiger partial charge in [0.2, 0.25) is 0 Å². The van der Waals surface area contributed by atoms with E-state index >= 15 is 0 Å². The normalized spacial score (nSPS) is 19.5. The Morgan fingerprint density at radius 1 is 0.500 bits per heavy atom. The number of unbranched alkanes of at least 4 members (excludes halogenated alkanes) is 1. The van der Waals surface area contributed by atoms with Gasteiger partial charge in [-0.1, -0.05) is 33.1 Å². The first-order valence-electron chi connectivity index (χ1n) is 16.6. The van der Waals surface area contributed by atoms with Gasteiger partial charge in [-0.15, -0.1) is 0 Å². The van der Waals surface area contributed by atoms with Crippen LogP contribution >= 0.6 is 0 Å². The molecule has 0 saturated heterocycles. The molecule has 5 heterocycles. The summed E-state index contributed by atoms with van der Waals surface area (Å²) in [6.45, 7) is 9.19. The van der Waals surface area contributed by atoms with Crippen molar-refractivity contribution in [1.82, 2.24) is 34.9 Å². The van der Waals surface area contributed by atoms with E-state index in [-0.39, 0.29) is 10.8 Å². The monoisotopic (exact) mass is 603 g/mol. The van der Waals surface area contributed by atoms with E-state index in [1.807, 2.05) is 0 Å². The van der Waals surface area contributed by atoms with Gasteiger partial charge in [0.05, 0.1) is 22.1 Å². The predicted molar refractivity (Wildman–Crippen MR) is 185 cm³/mol. The number of rotatable bonds is 9. The van der Waals surface area contributed by atoms with Crippen LogP contribution in [0, 0.1) is 0 Å². The second-order valence-electron chi connectivity index (χ2n) is 13.6. The fourth-order valence-corrected chi connectivity index (χ4v) is 7.92. The summed E-state index contributed by atoms with van der Waals surface area (Å²) in [5, 5.41) is 0. The van der Waals surface area contributed by atoms with Gasteiger partial charge in [0.15, 0.2) is 0 Å². The minimum absolute atomic E-state index is 0.214. The van der Waals surface area contributed by atoms with Crippen LogP contribution in [0.25, 0.3) is 67.1 Å². The molecule has 0 bridgehead atoms. The minimum Gasteiger partial charge on any atom is -0.357 e. The quantitative estimate of drug-likeness (QED) is 0.153. The van der Waals surface area contributed by atoms with Crippen molar-refractivity contribution >= 4 is 22.1 Å². The molecule has 9 rings (SSSR count). The Kier molecular flexibility index (Phi) is 5.77. The fourth-order valence-electron chi connectivity index (χ4n) is 7.92. The maximum atomic E-state index is 4.82. The van der Waals surface area contributed by atoms with E-state index in [0.717, 1.165) is 67.1 Å². The number of nitrogens with zero attached hydrogens (tertiary/aromatic N) is 4. The Balaban J connectivity index is 1.06. The van der Waals surface area contributed by atoms with Crippen LogP contribution in [0.3, 0.4) is 0 Å². The van der Waals surface area contributed by atoms with Gasteiger partial charge in [-0.2, -0.15) is 0 Å². The Morgan fingerprint density at radius 2 is 0.913 bits per heavy atom. The lowest BCUT2D eigenvalue weighted by Crippen LogP contribution is -2.04. The maximum Gasteiger partial charge on any atom is 0.0986 e. The Bertz CT molecular complexity index is 2270. The van der Waals surface area contributed by atoms with E-state index in [0.29, 0.717) is 0 Å². The third-order valence-electron chi connectivity index (χ3n) is 10.7. The van der Waals surface area contributed by atoms with Crippen molar-refractivity contribution in [3.63, 3.8) is 0 Å². The molecule has 2 aromatic carbocycles. The number of aromatic amines is 3. The summed E-state index contributed by atoms with van der Waals surface area (Å²) in [6.07, 6.45) is 13.1. The summed E-state index contributed by atoms with van der Waals surface area (Å²) in [6, 6.07) is 17.5. The van der Waals surface area contributed by atoms with Gasteiger partial charge in [-0.25, -0.2) is 0 Å². The molecular weight excluding hydrogens is 566 g/mol. The summed E-state index contributed by atoms with van der Waals surface area (Å²) >= 11 is 0. The van der Waals surface area contributed by atoms with Gasteiger partial charge < -0.3 is 15.0 Å². The first-order valence-corrected chi connectivity index (χ1v) is 16.6. The first kappa shape index (κ1) is 27.3. The van der Waals surface area contributed by atoms with Crippen LogP contribution in [0.15, 0.2) is 73.3 Å². The van der Waals surface area contributed by atoms with Gasteiger partial charge >= 0.3 is 0 Å². The lowest BCUT2D eigenvalue weighted by Gasteiger charge is -2.13. The van der Waals surface area contributed by atoms with Crippen molar-refractivity contribution in [3.8, 4) is 45.0 Å². The van der Waals surface area contributed by atoms with Gasteiger partial charge in [0.25, 0.3) is 0 Å². The summed E-state index contributed by atoms with van der Waals surface area (Å²) in [4.78, 5) is 30.3. The van der Waals surface area contributed by atoms with Crippen molar-refractivity contribution < 1.29 is 0 Å². The molecule has 7 aromatic rings. The molecule has 2 aliphatic rings. The predicted octanol–water partition coefficient (Wildman–Crippen LogP) is 9.45. The second kappa shape index (κ2) is 9.73. The molecule has 228 valence electrons. The molecule has 2 unspecified atom stereocenters. The summed E-state index contributed by atoms with van der Waals surface area (Å²) in [5.41, 5.74) is 18.0. The lowest BCUT2D eigenvalue weighted by molar-refractivity contribution is 0.569. The molecule has 0 aliphatic heterocycles. The highest BCUT2D eigenvalue weighted by molar-refractivity contribution is 6.02. The molecule has 0 amide bonds. The molecule has 5 aromatic heterocycles. The minimum atomic E-state index is 0.214. The third kappa shape index (κ3) is 3.84. The van der Waals surface area contributed by atoms with E-state index in [4.69, 9.17) is 19.9 Å². The number of nitrogens with one attached hydrogen (secondary N) is 3. The average Bonchev–Trinajstić information content (AvgIpc) is 3.57. The van der Waals surface area contributed by atoms with Crippen LogP contribution in [0.5, 0.6) is 0 Å². The zero-order valence-corrected chi connectivity index (χ0v) is 26.8. The van der Waals surface area contributed by atoms with Gasteiger partial charge in [0.1, 0.15) is 0 Å². The molecule has 46 heavy (non-hydrogen) atoms. The number of hydrogen-bond acceptors (Lipinski definition) is 4. The van der Waals surface area contributed by atoms with Crippen molar-refractivity contribution in [2.75, 3.05) is 0 Å². The molecular formula is C39H37N7. The molecule has 0 saturated carbocycles. The van der Waals surface area contributed by atoms with Crippen molar-refractivity contribution in [3.05, 3.63) is 95.8 Å². The Hall–Kier alpha value is -5.04. The molecule has 0 radical (unpaired) electrons. The Labute approximate surface area is 268 Å². The van der Waals surface area contributed by atoms with E-state index in [1.54, 1.807) is 24.8 Å². The highest BCUT2D eigenvalue weighted by Gasteiger charge is 2.48. The van der Waals surface area contributed by atoms with Crippen LogP contribution in [0.2, 0.25) is 0 Å². The van der Waals surface area contributed by atoms with E-state index in [2.05, 4.69) is 91.2 Å². The topological polar surface area (TPSA) is 98.9 Å². The van der Waals surface area contributed by atoms with Gasteiger partial charge in [-0.3, -0.25) is 19.9 Å². The van der Waals surface area contributed by atoms with Gasteiger partial charge in [0, 0.05) is 92.0 Å². The molecule has 7 nitrogen and oxygen atoms in total. The summed E-state index contributed by atoms with van der Waals surface area (Å²) < 4.78 is 0. The van der Waals surface area contributed by atoms with E-state index < -0.39 is 0 Å². The van der Waals surface area contributed by atoms with E-state index in [9.17, 15) is 0 Å². The third-order valence-corrected chi connectivity index (χ3v) is 10.7. The average molecular weight is 604 g/mol. The largest absolute Gasteiger partial charge is 0.357 e. The van der Waals surface area contributed by atoms with Gasteiger partial charge in [-0.05, 0) is 86.3 Å². The molecule has 3 N–H and O–H groups in total. The van der Waals surface area contributed by atoms with Crippen molar-refractivity contribution in [2.24, 2.45) is 0 Å². The smallest absolute Gasteiger partial charge is 0.0986 e. The highest BCUT2D eigenvalue weighted by Crippen LogP contribution is 2.55. The second-order valence-corrected chi connectivity index (χ2v) is 13.6. The molecule has 2 aliphatic carbocycles. The Morgan fingerprint density at radius 3 is 1.28 bits per heavy atom. The molecule has 7 heteroatoms. The SMILES string of the molecule is CCCCC1(C)c2cc(-c3ccc(-c4ccc(-c5ccc(-c6cc7c([nH]6)C7(C)CCC)c6nccnc56)[nH]4)c4nccnc34)[nH]c21.